The molecule has 3 amide bonds. The van der Waals surface area contributed by atoms with Gasteiger partial charge in [0.15, 0.2) is 6.61 Å². The van der Waals surface area contributed by atoms with E-state index in [4.69, 9.17) is 4.74 Å². The van der Waals surface area contributed by atoms with Gasteiger partial charge in [0.05, 0.1) is 0 Å². The maximum atomic E-state index is 11.7. The average molecular weight is 249 g/mol. The number of ether oxygens (including phenoxy) is 1. The molecule has 1 aromatic rings. The zero-order chi connectivity index (χ0) is 13.0. The highest BCUT2D eigenvalue weighted by Gasteiger charge is 2.26. The summed E-state index contributed by atoms with van der Waals surface area (Å²) in [5, 5.41) is 5.55. The molecule has 1 aromatic carbocycles. The number of anilines is 1. The van der Waals surface area contributed by atoms with Gasteiger partial charge in [-0.2, -0.15) is 0 Å². The van der Waals surface area contributed by atoms with Gasteiger partial charge in [-0.1, -0.05) is 0 Å². The molecule has 0 aromatic heterocycles. The Hall–Kier alpha value is -2.24. The Morgan fingerprint density at radius 3 is 2.72 bits per heavy atom. The smallest absolute Gasteiger partial charge is 0.324 e. The molecule has 0 saturated carbocycles. The van der Waals surface area contributed by atoms with E-state index in [9.17, 15) is 9.59 Å². The van der Waals surface area contributed by atoms with Crippen LogP contribution in [0.1, 0.15) is 0 Å². The summed E-state index contributed by atoms with van der Waals surface area (Å²) < 4.78 is 5.33. The summed E-state index contributed by atoms with van der Waals surface area (Å²) in [7, 11) is 1.82. The quantitative estimate of drug-likeness (QED) is 0.822. The number of amides is 3. The highest BCUT2D eigenvalue weighted by Crippen LogP contribution is 2.15. The predicted octanol–water partition coefficient (Wildman–Crippen LogP) is 0.659. The first-order valence-electron chi connectivity index (χ1n) is 5.69. The maximum Gasteiger partial charge on any atom is 0.324 e. The number of nitrogens with zero attached hydrogens (tertiary/aromatic N) is 1. The summed E-state index contributed by atoms with van der Waals surface area (Å²) in [5.41, 5.74) is 0.965. The van der Waals surface area contributed by atoms with Crippen molar-refractivity contribution in [3.05, 3.63) is 24.3 Å². The Morgan fingerprint density at radius 1 is 1.44 bits per heavy atom. The fourth-order valence-electron chi connectivity index (χ4n) is 1.65. The van der Waals surface area contributed by atoms with Gasteiger partial charge >= 0.3 is 6.03 Å². The molecular weight excluding hydrogens is 234 g/mol. The first kappa shape index (κ1) is 12.2. The second-order valence-corrected chi connectivity index (χ2v) is 3.84. The number of hydrogen-bond acceptors (Lipinski definition) is 4. The average Bonchev–Trinajstić information content (AvgIpc) is 2.83. The van der Waals surface area contributed by atoms with E-state index in [1.165, 1.54) is 0 Å². The minimum Gasteiger partial charge on any atom is -0.484 e. The van der Waals surface area contributed by atoms with Gasteiger partial charge in [0.25, 0.3) is 5.91 Å². The number of carbonyl (C=O) groups is 2. The zero-order valence-corrected chi connectivity index (χ0v) is 10.1. The maximum absolute atomic E-state index is 11.7. The number of rotatable bonds is 4. The van der Waals surface area contributed by atoms with Gasteiger partial charge in [-0.15, -0.1) is 0 Å². The van der Waals surface area contributed by atoms with Crippen LogP contribution in [0.4, 0.5) is 10.5 Å². The molecule has 0 bridgehead atoms. The van der Waals surface area contributed by atoms with Gasteiger partial charge in [0.2, 0.25) is 0 Å². The summed E-state index contributed by atoms with van der Waals surface area (Å²) in [6.45, 7) is 0.771. The number of benzene rings is 1. The Morgan fingerprint density at radius 2 is 2.17 bits per heavy atom. The van der Waals surface area contributed by atoms with Crippen molar-refractivity contribution in [2.45, 2.75) is 0 Å². The summed E-state index contributed by atoms with van der Waals surface area (Å²) in [6, 6.07) is 6.88. The van der Waals surface area contributed by atoms with Crippen LogP contribution in [-0.4, -0.2) is 43.6 Å². The minimum absolute atomic E-state index is 0.133. The minimum atomic E-state index is -0.353. The largest absolute Gasteiger partial charge is 0.484 e. The van der Waals surface area contributed by atoms with Crippen molar-refractivity contribution in [1.29, 1.82) is 0 Å². The van der Waals surface area contributed by atoms with Crippen molar-refractivity contribution in [3.8, 4) is 5.75 Å². The normalized spacial score (nSPS) is 14.3. The molecule has 1 fully saturated rings. The lowest BCUT2D eigenvalue weighted by Gasteiger charge is -2.12. The van der Waals surface area contributed by atoms with Crippen molar-refractivity contribution in [2.24, 2.45) is 0 Å². The van der Waals surface area contributed by atoms with Gasteiger partial charge in [-0.05, 0) is 24.3 Å². The first-order chi connectivity index (χ1) is 8.70. The van der Waals surface area contributed by atoms with E-state index >= 15 is 0 Å². The molecule has 18 heavy (non-hydrogen) atoms. The molecule has 2 N–H and O–H groups in total. The molecule has 6 heteroatoms. The summed E-state index contributed by atoms with van der Waals surface area (Å²) in [4.78, 5) is 24.1. The molecular formula is C12H15N3O3. The third-order valence-corrected chi connectivity index (χ3v) is 2.66. The van der Waals surface area contributed by atoms with E-state index in [0.29, 0.717) is 18.8 Å². The van der Waals surface area contributed by atoms with E-state index in [1.54, 1.807) is 12.1 Å². The number of carbonyl (C=O) groups excluding carboxylic acids is 2. The standard InChI is InChI=1S/C12H15N3O3/c1-13-9-2-4-10(5-3-9)18-8-11(16)15-7-6-14-12(15)17/h2-5,13H,6-8H2,1H3,(H,14,17). The van der Waals surface area contributed by atoms with Crippen LogP contribution in [-0.2, 0) is 4.79 Å². The first-order valence-corrected chi connectivity index (χ1v) is 5.69. The summed E-state index contributed by atoms with van der Waals surface area (Å²) in [5.74, 6) is 0.268. The van der Waals surface area contributed by atoms with Crippen LogP contribution < -0.4 is 15.4 Å². The Labute approximate surface area is 105 Å². The molecule has 0 unspecified atom stereocenters. The van der Waals surface area contributed by atoms with Crippen LogP contribution in [0.15, 0.2) is 24.3 Å². The number of urea groups is 1. The van der Waals surface area contributed by atoms with Crippen molar-refractivity contribution in [3.63, 3.8) is 0 Å². The molecule has 0 atom stereocenters. The van der Waals surface area contributed by atoms with Crippen LogP contribution >= 0.6 is 0 Å². The van der Waals surface area contributed by atoms with Crippen molar-refractivity contribution >= 4 is 17.6 Å². The second kappa shape index (κ2) is 5.39. The molecule has 96 valence electrons. The van der Waals surface area contributed by atoms with Crippen molar-refractivity contribution in [1.82, 2.24) is 10.2 Å². The van der Waals surface area contributed by atoms with Gasteiger partial charge in [0.1, 0.15) is 5.75 Å². The highest BCUT2D eigenvalue weighted by atomic mass is 16.5. The molecule has 2 rings (SSSR count). The lowest BCUT2D eigenvalue weighted by atomic mass is 10.3. The van der Waals surface area contributed by atoms with E-state index in [1.807, 2.05) is 19.2 Å². The number of nitrogens with one attached hydrogen (secondary N) is 2. The van der Waals surface area contributed by atoms with E-state index in [-0.39, 0.29) is 18.5 Å². The Bertz CT molecular complexity index is 444. The van der Waals surface area contributed by atoms with Gasteiger partial charge in [-0.3, -0.25) is 9.69 Å². The Balaban J connectivity index is 1.86. The molecule has 1 heterocycles. The van der Waals surface area contributed by atoms with Gasteiger partial charge in [-0.25, -0.2) is 4.79 Å². The molecule has 1 aliphatic rings. The number of imide groups is 1. The lowest BCUT2D eigenvalue weighted by molar-refractivity contribution is -0.129. The zero-order valence-electron chi connectivity index (χ0n) is 10.1. The molecule has 6 nitrogen and oxygen atoms in total. The van der Waals surface area contributed by atoms with Crippen molar-refractivity contribution in [2.75, 3.05) is 32.1 Å². The summed E-state index contributed by atoms with van der Waals surface area (Å²) >= 11 is 0. The summed E-state index contributed by atoms with van der Waals surface area (Å²) in [6.07, 6.45) is 0. The lowest BCUT2D eigenvalue weighted by Crippen LogP contribution is -2.37. The highest BCUT2D eigenvalue weighted by molar-refractivity contribution is 5.96. The third-order valence-electron chi connectivity index (χ3n) is 2.66. The topological polar surface area (TPSA) is 70.7 Å². The molecule has 1 aliphatic heterocycles. The SMILES string of the molecule is CNc1ccc(OCC(=O)N2CCNC2=O)cc1. The Kier molecular flexibility index (Phi) is 3.66. The molecule has 0 radical (unpaired) electrons. The fraction of sp³-hybridized carbons (Fsp3) is 0.333. The van der Waals surface area contributed by atoms with Crippen LogP contribution in [0.2, 0.25) is 0 Å². The monoisotopic (exact) mass is 249 g/mol. The van der Waals surface area contributed by atoms with E-state index < -0.39 is 0 Å². The molecule has 0 aliphatic carbocycles. The van der Waals surface area contributed by atoms with Crippen LogP contribution in [0.25, 0.3) is 0 Å². The van der Waals surface area contributed by atoms with E-state index in [2.05, 4.69) is 10.6 Å². The predicted molar refractivity (Wildman–Crippen MR) is 66.6 cm³/mol. The van der Waals surface area contributed by atoms with E-state index in [0.717, 1.165) is 10.6 Å². The van der Waals surface area contributed by atoms with Crippen LogP contribution in [0.5, 0.6) is 5.75 Å². The third kappa shape index (κ3) is 2.71. The van der Waals surface area contributed by atoms with Gasteiger partial charge < -0.3 is 15.4 Å². The second-order valence-electron chi connectivity index (χ2n) is 3.84. The fourth-order valence-corrected chi connectivity index (χ4v) is 1.65. The van der Waals surface area contributed by atoms with Crippen LogP contribution in [0.3, 0.4) is 0 Å². The number of hydrogen-bond donors (Lipinski definition) is 2. The van der Waals surface area contributed by atoms with Crippen LogP contribution in [0, 0.1) is 0 Å². The molecule has 0 spiro atoms. The molecule has 1 saturated heterocycles. The van der Waals surface area contributed by atoms with Crippen molar-refractivity contribution < 1.29 is 14.3 Å². The van der Waals surface area contributed by atoms with Gasteiger partial charge in [0, 0.05) is 25.8 Å².